The van der Waals surface area contributed by atoms with Crippen molar-refractivity contribution in [1.82, 2.24) is 10.6 Å². The summed E-state index contributed by atoms with van der Waals surface area (Å²) in [5.74, 6) is -1.47. The van der Waals surface area contributed by atoms with Crippen molar-refractivity contribution in [2.45, 2.75) is 50.6 Å². The molecule has 0 bridgehead atoms. The lowest BCUT2D eigenvalue weighted by atomic mass is 9.90. The Morgan fingerprint density at radius 1 is 1.06 bits per heavy atom. The number of allylic oxidation sites excluding steroid dienone is 1. The van der Waals surface area contributed by atoms with Gasteiger partial charge in [-0.05, 0) is 41.5 Å². The van der Waals surface area contributed by atoms with E-state index in [9.17, 15) is 14.4 Å². The van der Waals surface area contributed by atoms with Gasteiger partial charge in [-0.15, -0.1) is 0 Å². The van der Waals surface area contributed by atoms with Gasteiger partial charge in [0.2, 0.25) is 5.91 Å². The van der Waals surface area contributed by atoms with Gasteiger partial charge < -0.3 is 20.5 Å². The SMILES string of the molecule is CC[C@@H](CC(=O)O)NC(=O)C1CC=CC(NC(=O)OCC2c3ccccc3-c3ccccc32)C1. The highest BCUT2D eigenvalue weighted by Crippen LogP contribution is 2.44. The van der Waals surface area contributed by atoms with Crippen LogP contribution in [0.25, 0.3) is 11.1 Å². The molecule has 0 spiro atoms. The molecule has 178 valence electrons. The number of rotatable bonds is 8. The van der Waals surface area contributed by atoms with Gasteiger partial charge in [-0.25, -0.2) is 4.79 Å². The van der Waals surface area contributed by atoms with Gasteiger partial charge in [-0.2, -0.15) is 0 Å². The fourth-order valence-electron chi connectivity index (χ4n) is 4.83. The Hall–Kier alpha value is -3.61. The predicted molar refractivity (Wildman–Crippen MR) is 128 cm³/mol. The summed E-state index contributed by atoms with van der Waals surface area (Å²) in [6.45, 7) is 2.07. The number of nitrogens with one attached hydrogen (secondary N) is 2. The Morgan fingerprint density at radius 2 is 1.71 bits per heavy atom. The molecule has 0 radical (unpaired) electrons. The van der Waals surface area contributed by atoms with Crippen LogP contribution in [0.1, 0.15) is 49.7 Å². The van der Waals surface area contributed by atoms with Gasteiger partial charge >= 0.3 is 12.1 Å². The van der Waals surface area contributed by atoms with Crippen molar-refractivity contribution in [2.24, 2.45) is 5.92 Å². The number of carbonyl (C=O) groups excluding carboxylic acids is 2. The van der Waals surface area contributed by atoms with Crippen molar-refractivity contribution in [3.63, 3.8) is 0 Å². The highest BCUT2D eigenvalue weighted by atomic mass is 16.5. The summed E-state index contributed by atoms with van der Waals surface area (Å²) in [5.41, 5.74) is 4.64. The minimum Gasteiger partial charge on any atom is -0.481 e. The maximum absolute atomic E-state index is 12.6. The minimum atomic E-state index is -0.939. The Bertz CT molecular complexity index is 1050. The molecule has 0 aromatic heterocycles. The van der Waals surface area contributed by atoms with Crippen molar-refractivity contribution in [2.75, 3.05) is 6.61 Å². The van der Waals surface area contributed by atoms with Gasteiger partial charge in [0.1, 0.15) is 6.61 Å². The number of carbonyl (C=O) groups is 3. The summed E-state index contributed by atoms with van der Waals surface area (Å²) in [6.07, 6.45) is 4.66. The number of carboxylic acid groups (broad SMARTS) is 1. The third-order valence-electron chi connectivity index (χ3n) is 6.61. The van der Waals surface area contributed by atoms with E-state index in [0.717, 1.165) is 11.1 Å². The van der Waals surface area contributed by atoms with Gasteiger partial charge in [-0.1, -0.05) is 67.6 Å². The zero-order chi connectivity index (χ0) is 24.1. The number of carboxylic acids is 1. The summed E-state index contributed by atoms with van der Waals surface area (Å²) >= 11 is 0. The molecule has 3 atom stereocenters. The molecule has 2 aromatic carbocycles. The Kier molecular flexibility index (Phi) is 7.30. The smallest absolute Gasteiger partial charge is 0.407 e. The van der Waals surface area contributed by atoms with Crippen LogP contribution in [0.3, 0.4) is 0 Å². The van der Waals surface area contributed by atoms with E-state index in [4.69, 9.17) is 9.84 Å². The quantitative estimate of drug-likeness (QED) is 0.509. The fourth-order valence-corrected chi connectivity index (χ4v) is 4.83. The molecule has 4 rings (SSSR count). The maximum atomic E-state index is 12.6. The number of alkyl carbamates (subject to hydrolysis) is 1. The topological polar surface area (TPSA) is 105 Å². The Balaban J connectivity index is 1.32. The monoisotopic (exact) mass is 462 g/mol. The molecular formula is C27H30N2O5. The van der Waals surface area contributed by atoms with E-state index >= 15 is 0 Å². The lowest BCUT2D eigenvalue weighted by Crippen LogP contribution is -2.44. The number of ether oxygens (including phenoxy) is 1. The second-order valence-corrected chi connectivity index (χ2v) is 8.88. The lowest BCUT2D eigenvalue weighted by molar-refractivity contribution is -0.137. The van der Waals surface area contributed by atoms with Gasteiger partial charge in [0.15, 0.2) is 0 Å². The zero-order valence-electron chi connectivity index (χ0n) is 19.2. The molecule has 7 heteroatoms. The second-order valence-electron chi connectivity index (χ2n) is 8.88. The average molecular weight is 463 g/mol. The minimum absolute atomic E-state index is 0.0150. The summed E-state index contributed by atoms with van der Waals surface area (Å²) in [4.78, 5) is 36.2. The molecule has 2 aromatic rings. The molecule has 2 aliphatic carbocycles. The number of aliphatic carboxylic acids is 1. The van der Waals surface area contributed by atoms with Crippen LogP contribution in [-0.2, 0) is 14.3 Å². The first-order valence-electron chi connectivity index (χ1n) is 11.8. The molecule has 7 nitrogen and oxygen atoms in total. The van der Waals surface area contributed by atoms with Crippen molar-refractivity contribution in [1.29, 1.82) is 0 Å². The van der Waals surface area contributed by atoms with Crippen molar-refractivity contribution in [3.05, 3.63) is 71.8 Å². The molecule has 0 fully saturated rings. The first kappa shape index (κ1) is 23.5. The lowest BCUT2D eigenvalue weighted by Gasteiger charge is -2.26. The third-order valence-corrected chi connectivity index (χ3v) is 6.61. The normalized spacial score (nSPS) is 19.6. The van der Waals surface area contributed by atoms with E-state index in [1.54, 1.807) is 0 Å². The summed E-state index contributed by atoms with van der Waals surface area (Å²) in [5, 5.41) is 14.7. The Labute approximate surface area is 199 Å². The van der Waals surface area contributed by atoms with E-state index < -0.39 is 18.1 Å². The third kappa shape index (κ3) is 5.30. The van der Waals surface area contributed by atoms with Gasteiger partial charge in [0.05, 0.1) is 12.5 Å². The number of hydrogen-bond donors (Lipinski definition) is 3. The van der Waals surface area contributed by atoms with Gasteiger partial charge in [0, 0.05) is 17.9 Å². The van der Waals surface area contributed by atoms with E-state index in [1.807, 2.05) is 43.3 Å². The number of benzene rings is 2. The second kappa shape index (κ2) is 10.5. The summed E-state index contributed by atoms with van der Waals surface area (Å²) in [7, 11) is 0. The molecule has 0 aliphatic heterocycles. The van der Waals surface area contributed by atoms with Crippen LogP contribution < -0.4 is 10.6 Å². The zero-order valence-corrected chi connectivity index (χ0v) is 19.2. The van der Waals surface area contributed by atoms with Crippen LogP contribution in [0, 0.1) is 5.92 Å². The van der Waals surface area contributed by atoms with Crippen molar-refractivity contribution in [3.8, 4) is 11.1 Å². The fraction of sp³-hybridized carbons (Fsp3) is 0.370. The first-order chi connectivity index (χ1) is 16.5. The molecule has 2 unspecified atom stereocenters. The molecule has 2 amide bonds. The molecule has 34 heavy (non-hydrogen) atoms. The first-order valence-corrected chi connectivity index (χ1v) is 11.8. The van der Waals surface area contributed by atoms with Crippen molar-refractivity contribution >= 4 is 18.0 Å². The molecule has 0 saturated carbocycles. The molecule has 3 N–H and O–H groups in total. The molecule has 0 heterocycles. The van der Waals surface area contributed by atoms with E-state index in [0.29, 0.717) is 19.3 Å². The highest BCUT2D eigenvalue weighted by Gasteiger charge is 2.30. The summed E-state index contributed by atoms with van der Waals surface area (Å²) in [6, 6.07) is 15.6. The molecular weight excluding hydrogens is 432 g/mol. The van der Waals surface area contributed by atoms with Crippen LogP contribution in [0.5, 0.6) is 0 Å². The van der Waals surface area contributed by atoms with Crippen LogP contribution in [-0.4, -0.2) is 41.8 Å². The van der Waals surface area contributed by atoms with E-state index in [-0.39, 0.29) is 36.8 Å². The average Bonchev–Trinajstić information content (AvgIpc) is 3.16. The van der Waals surface area contributed by atoms with Gasteiger partial charge in [0.25, 0.3) is 0 Å². The van der Waals surface area contributed by atoms with E-state index in [1.165, 1.54) is 11.1 Å². The van der Waals surface area contributed by atoms with Crippen LogP contribution >= 0.6 is 0 Å². The standard InChI is InChI=1S/C27H30N2O5/c1-2-18(15-25(30)31)28-26(32)17-8-7-9-19(14-17)29-27(33)34-16-24-22-12-5-3-10-20(22)21-11-4-6-13-23(21)24/h3-7,9-13,17-19,24H,2,8,14-16H2,1H3,(H,28,32)(H,29,33)(H,30,31)/t17?,18-,19?/m0/s1. The largest absolute Gasteiger partial charge is 0.481 e. The number of hydrogen-bond acceptors (Lipinski definition) is 4. The van der Waals surface area contributed by atoms with Crippen molar-refractivity contribution < 1.29 is 24.2 Å². The molecule has 0 saturated heterocycles. The number of amides is 2. The highest BCUT2D eigenvalue weighted by molar-refractivity contribution is 5.81. The predicted octanol–water partition coefficient (Wildman–Crippen LogP) is 4.23. The Morgan fingerprint density at radius 3 is 2.32 bits per heavy atom. The maximum Gasteiger partial charge on any atom is 0.407 e. The van der Waals surface area contributed by atoms with Crippen LogP contribution in [0.4, 0.5) is 4.79 Å². The van der Waals surface area contributed by atoms with Crippen LogP contribution in [0.2, 0.25) is 0 Å². The molecule has 2 aliphatic rings. The van der Waals surface area contributed by atoms with Gasteiger partial charge in [-0.3, -0.25) is 9.59 Å². The van der Waals surface area contributed by atoms with Crippen LogP contribution in [0.15, 0.2) is 60.7 Å². The number of fused-ring (bicyclic) bond motifs is 3. The van der Waals surface area contributed by atoms with E-state index in [2.05, 4.69) is 34.9 Å². The summed E-state index contributed by atoms with van der Waals surface area (Å²) < 4.78 is 5.61.